The Morgan fingerprint density at radius 1 is 1.27 bits per heavy atom. The molecular formula is C17H24NO3P. The van der Waals surface area contributed by atoms with E-state index in [-0.39, 0.29) is 18.3 Å². The number of fused-ring (bicyclic) bond motifs is 1. The van der Waals surface area contributed by atoms with E-state index in [0.717, 1.165) is 26.0 Å². The average Bonchev–Trinajstić information content (AvgIpc) is 3.26. The van der Waals surface area contributed by atoms with E-state index >= 15 is 0 Å². The Hall–Kier alpha value is -0.510. The highest BCUT2D eigenvalue weighted by Gasteiger charge is 2.48. The lowest BCUT2D eigenvalue weighted by Crippen LogP contribution is -2.26. The number of benzene rings is 1. The van der Waals surface area contributed by atoms with Gasteiger partial charge in [-0.2, -0.15) is 0 Å². The fourth-order valence-corrected chi connectivity index (χ4v) is 5.78. The van der Waals surface area contributed by atoms with Crippen LogP contribution in [0.4, 0.5) is 0 Å². The largest absolute Gasteiger partial charge is 0.375 e. The van der Waals surface area contributed by atoms with Crippen molar-refractivity contribution in [2.75, 3.05) is 13.2 Å². The molecule has 0 radical (unpaired) electrons. The van der Waals surface area contributed by atoms with Crippen LogP contribution in [0.25, 0.3) is 0 Å². The maximum atomic E-state index is 6.38. The Balaban J connectivity index is 1.49. The van der Waals surface area contributed by atoms with Crippen LogP contribution < -0.4 is 0 Å². The zero-order valence-electron chi connectivity index (χ0n) is 13.1. The van der Waals surface area contributed by atoms with E-state index in [1.54, 1.807) is 0 Å². The first kappa shape index (κ1) is 15.0. The Morgan fingerprint density at radius 2 is 2.14 bits per heavy atom. The van der Waals surface area contributed by atoms with Crippen molar-refractivity contribution in [1.29, 1.82) is 0 Å². The molecule has 120 valence electrons. The lowest BCUT2D eigenvalue weighted by Gasteiger charge is -2.25. The smallest absolute Gasteiger partial charge is 0.260 e. The van der Waals surface area contributed by atoms with E-state index in [4.69, 9.17) is 13.8 Å². The van der Waals surface area contributed by atoms with Crippen LogP contribution in [0.2, 0.25) is 0 Å². The molecule has 22 heavy (non-hydrogen) atoms. The van der Waals surface area contributed by atoms with Crippen molar-refractivity contribution in [3.8, 4) is 0 Å². The van der Waals surface area contributed by atoms with Gasteiger partial charge in [0, 0.05) is 19.2 Å². The lowest BCUT2D eigenvalue weighted by molar-refractivity contribution is 0.0468. The maximum absolute atomic E-state index is 6.38. The van der Waals surface area contributed by atoms with Gasteiger partial charge in [-0.15, -0.1) is 0 Å². The lowest BCUT2D eigenvalue weighted by atomic mass is 10.0. The monoisotopic (exact) mass is 321 g/mol. The summed E-state index contributed by atoms with van der Waals surface area (Å²) in [6.07, 6.45) is 5.07. The Morgan fingerprint density at radius 3 is 2.95 bits per heavy atom. The molecule has 1 aromatic carbocycles. The molecule has 4 rings (SSSR count). The molecule has 3 aliphatic rings. The molecule has 4 nitrogen and oxygen atoms in total. The Bertz CT molecular complexity index is 500. The maximum Gasteiger partial charge on any atom is 0.260 e. The van der Waals surface area contributed by atoms with Gasteiger partial charge >= 0.3 is 0 Å². The predicted molar refractivity (Wildman–Crippen MR) is 86.4 cm³/mol. The third kappa shape index (κ3) is 2.72. The number of hydrogen-bond donors (Lipinski definition) is 0. The van der Waals surface area contributed by atoms with Crippen LogP contribution in [0.3, 0.4) is 0 Å². The third-order valence-electron chi connectivity index (χ3n) is 4.94. The fourth-order valence-electron chi connectivity index (χ4n) is 3.77. The molecular weight excluding hydrogens is 297 g/mol. The molecule has 0 amide bonds. The molecule has 0 saturated carbocycles. The van der Waals surface area contributed by atoms with Gasteiger partial charge in [-0.3, -0.25) is 0 Å². The van der Waals surface area contributed by atoms with Gasteiger partial charge in [0.15, 0.2) is 0 Å². The normalized spacial score (nSPS) is 38.5. The summed E-state index contributed by atoms with van der Waals surface area (Å²) in [5.74, 6) is 0. The van der Waals surface area contributed by atoms with Gasteiger partial charge in [-0.05, 0) is 31.2 Å². The van der Waals surface area contributed by atoms with Crippen LogP contribution in [0.15, 0.2) is 30.3 Å². The summed E-state index contributed by atoms with van der Waals surface area (Å²) in [7, 11) is -0.938. The van der Waals surface area contributed by atoms with Crippen molar-refractivity contribution < 1.29 is 13.8 Å². The quantitative estimate of drug-likeness (QED) is 0.783. The van der Waals surface area contributed by atoms with Gasteiger partial charge in [-0.25, -0.2) is 4.67 Å². The van der Waals surface area contributed by atoms with Gasteiger partial charge in [0.25, 0.3) is 8.53 Å². The molecule has 3 heterocycles. The summed E-state index contributed by atoms with van der Waals surface area (Å²) in [5, 5.41) is 0. The first-order valence-corrected chi connectivity index (χ1v) is 9.56. The molecule has 0 bridgehead atoms. The average molecular weight is 321 g/mol. The van der Waals surface area contributed by atoms with Gasteiger partial charge in [-0.1, -0.05) is 37.3 Å². The highest BCUT2D eigenvalue weighted by molar-refractivity contribution is 7.44. The van der Waals surface area contributed by atoms with Crippen molar-refractivity contribution >= 4 is 8.53 Å². The number of ether oxygens (including phenoxy) is 1. The molecule has 1 aromatic rings. The summed E-state index contributed by atoms with van der Waals surface area (Å²) >= 11 is 0. The highest BCUT2D eigenvalue weighted by atomic mass is 31.2. The van der Waals surface area contributed by atoms with Crippen molar-refractivity contribution in [3.05, 3.63) is 35.9 Å². The van der Waals surface area contributed by atoms with Gasteiger partial charge in [0.05, 0.1) is 12.2 Å². The van der Waals surface area contributed by atoms with Crippen LogP contribution in [-0.2, 0) is 13.8 Å². The minimum Gasteiger partial charge on any atom is -0.375 e. The van der Waals surface area contributed by atoms with E-state index in [9.17, 15) is 0 Å². The summed E-state index contributed by atoms with van der Waals surface area (Å²) in [5.41, 5.74) is 1.28. The highest BCUT2D eigenvalue weighted by Crippen LogP contribution is 2.61. The summed E-state index contributed by atoms with van der Waals surface area (Å²) < 4.78 is 21.0. The molecule has 0 spiro atoms. The minimum atomic E-state index is -0.938. The van der Waals surface area contributed by atoms with Gasteiger partial charge < -0.3 is 13.8 Å². The van der Waals surface area contributed by atoms with Crippen molar-refractivity contribution in [2.24, 2.45) is 0 Å². The Labute approximate surface area is 133 Å². The second-order valence-electron chi connectivity index (χ2n) is 6.30. The molecule has 5 heteroatoms. The van der Waals surface area contributed by atoms with Crippen LogP contribution in [0.1, 0.15) is 44.3 Å². The summed E-state index contributed by atoms with van der Waals surface area (Å²) in [6.45, 7) is 4.09. The predicted octanol–water partition coefficient (Wildman–Crippen LogP) is 4.03. The number of nitrogens with zero attached hydrogens (tertiary/aromatic N) is 1. The first-order chi connectivity index (χ1) is 10.9. The van der Waals surface area contributed by atoms with E-state index in [1.165, 1.54) is 18.4 Å². The van der Waals surface area contributed by atoms with E-state index in [2.05, 4.69) is 41.9 Å². The summed E-state index contributed by atoms with van der Waals surface area (Å²) in [4.78, 5) is 0. The zero-order chi connectivity index (χ0) is 14.9. The number of rotatable bonds is 4. The Kier molecular flexibility index (Phi) is 4.47. The van der Waals surface area contributed by atoms with Crippen LogP contribution in [0, 0.1) is 0 Å². The molecule has 3 saturated heterocycles. The minimum absolute atomic E-state index is 0.164. The molecule has 0 N–H and O–H groups in total. The van der Waals surface area contributed by atoms with Gasteiger partial charge in [0.2, 0.25) is 0 Å². The van der Waals surface area contributed by atoms with Crippen molar-refractivity contribution in [2.45, 2.75) is 57.0 Å². The SMILES string of the molecule is CC[C@H]1OCCC1OP1O[C@H](c2ccccc2)[C@@H]2CCCN21. The standard InChI is InChI=1S/C17H24NO3P/c1-2-15-16(10-12-19-15)20-22-18-11-6-9-14(18)17(21-22)13-7-4-3-5-8-13/h3-5,7-8,14-17H,2,6,9-12H2,1H3/t14-,15+,16?,17+,22?/m0/s1. The van der Waals surface area contributed by atoms with Gasteiger partial charge in [0.1, 0.15) is 6.10 Å². The first-order valence-electron chi connectivity index (χ1n) is 8.43. The van der Waals surface area contributed by atoms with E-state index < -0.39 is 8.53 Å². The second-order valence-corrected chi connectivity index (χ2v) is 7.71. The molecule has 3 fully saturated rings. The molecule has 5 atom stereocenters. The van der Waals surface area contributed by atoms with E-state index in [1.807, 2.05) is 0 Å². The van der Waals surface area contributed by atoms with Crippen LogP contribution >= 0.6 is 8.53 Å². The van der Waals surface area contributed by atoms with Crippen LogP contribution in [0.5, 0.6) is 0 Å². The fraction of sp³-hybridized carbons (Fsp3) is 0.647. The topological polar surface area (TPSA) is 30.9 Å². The van der Waals surface area contributed by atoms with E-state index in [0.29, 0.717) is 6.04 Å². The number of hydrogen-bond acceptors (Lipinski definition) is 4. The van der Waals surface area contributed by atoms with Crippen LogP contribution in [-0.4, -0.2) is 36.1 Å². The molecule has 3 aliphatic heterocycles. The molecule has 2 unspecified atom stereocenters. The summed E-state index contributed by atoms with van der Waals surface area (Å²) in [6, 6.07) is 11.1. The third-order valence-corrected chi connectivity index (χ3v) is 6.71. The van der Waals surface area contributed by atoms with Crippen molar-refractivity contribution in [3.63, 3.8) is 0 Å². The second kappa shape index (κ2) is 6.54. The molecule has 0 aromatic heterocycles. The molecule has 0 aliphatic carbocycles. The van der Waals surface area contributed by atoms with Crippen molar-refractivity contribution in [1.82, 2.24) is 4.67 Å². The zero-order valence-corrected chi connectivity index (χ0v) is 14.0.